The minimum atomic E-state index is -2.75. The molecule has 31 nitrogen and oxygen atoms in total. The van der Waals surface area contributed by atoms with Crippen LogP contribution < -0.4 is 16.8 Å². The molecule has 2 aromatic carbocycles. The molecule has 2 bridgehead atoms. The van der Waals surface area contributed by atoms with Crippen LogP contribution in [0.5, 0.6) is 5.75 Å². The van der Waals surface area contributed by atoms with E-state index in [2.05, 4.69) is 5.32 Å². The molecule has 24 atom stereocenters. The van der Waals surface area contributed by atoms with Gasteiger partial charge in [0.1, 0.15) is 46.8 Å². The Balaban J connectivity index is 0.000000455. The van der Waals surface area contributed by atoms with Gasteiger partial charge in [-0.1, -0.05) is 111 Å². The number of benzene rings is 2. The normalized spacial score (nSPS) is 36.7. The summed E-state index contributed by atoms with van der Waals surface area (Å²) >= 11 is 0. The number of ether oxygens (including phenoxy) is 5. The standard InChI is InChI=1S/C60H88N2O19.C22H24N2O8/c1-36-18-16-14-12-10-8-6-7-9-11-13-15-17-19-48(79-59-56(74)54(61)55(73)38(3)78-59)33-51-53(58(75)77-5)50(71)35-60(76,81-51)34-47(69)30-45(67)28-43(65)26-42(64)27-44(66)29-46(68)32-52(72)80-57(36)37(2)20-25-41(63)31-49(70)39-21-23-40(62-4)24-22-39;1-21(31)8-5-4-6-11(25)12(8)16(26)13-9(21)7-10-15(24(2)3)17(27)14(20(23)30)19(29)22(10,32)18(13)28/h6-19,21-24,36-38,41-43,45-48,50-51,53-57,59,62-65,67-69,71,73-74,76H,20,25-35,61H2,1-5H3;4-6,9-10,15,25-26,29,31-32H,7H2,1-3H3,(H2,23,30)/b7-6-,10-8-,11-9-,14-12-,15-13-,18-16-,19-17-;/t36?,37?,38-,41?,42?,43?,45?,46?,47?,48?,50?,51?,53?,54+,55-,56+,57?,59+,60?;9-,10-,15-,21+,22-/m10/s1. The van der Waals surface area contributed by atoms with Crippen molar-refractivity contribution in [1.82, 2.24) is 4.90 Å². The van der Waals surface area contributed by atoms with Crippen LogP contribution >= 0.6 is 0 Å². The number of fused-ring (bicyclic) bond motifs is 5. The number of phenols is 1. The van der Waals surface area contributed by atoms with Gasteiger partial charge < -0.3 is 117 Å². The minimum Gasteiger partial charge on any atom is -0.508 e. The molecular weight excluding hydrogens is 1470 g/mol. The van der Waals surface area contributed by atoms with Gasteiger partial charge in [0, 0.05) is 80.2 Å². The van der Waals surface area contributed by atoms with Crippen molar-refractivity contribution in [2.24, 2.45) is 41.1 Å². The van der Waals surface area contributed by atoms with E-state index in [1.807, 2.05) is 19.9 Å². The van der Waals surface area contributed by atoms with Crippen LogP contribution in [0, 0.1) is 29.6 Å². The maximum Gasteiger partial charge on any atom is 0.313 e. The van der Waals surface area contributed by atoms with E-state index in [9.17, 15) is 110 Å². The van der Waals surface area contributed by atoms with E-state index < -0.39 is 235 Å². The Morgan fingerprint density at radius 1 is 0.717 bits per heavy atom. The van der Waals surface area contributed by atoms with Crippen molar-refractivity contribution in [2.45, 2.75) is 226 Å². The van der Waals surface area contributed by atoms with Crippen LogP contribution in [-0.2, 0) is 58.1 Å². The van der Waals surface area contributed by atoms with Crippen LogP contribution in [0.4, 0.5) is 5.69 Å². The number of allylic oxidation sites excluding steroid dienone is 12. The number of carbonyl (C=O) groups excluding carboxylic acids is 7. The van der Waals surface area contributed by atoms with Crippen LogP contribution in [-0.4, -0.2) is 260 Å². The summed E-state index contributed by atoms with van der Waals surface area (Å²) in [4.78, 5) is 92.4. The number of hydrogen-bond donors (Lipinski definition) is 18. The number of nitrogens with zero attached hydrogens (tertiary/aromatic N) is 1. The van der Waals surface area contributed by atoms with Crippen molar-refractivity contribution in [3.8, 4) is 5.75 Å². The molecule has 3 aliphatic carbocycles. The summed E-state index contributed by atoms with van der Waals surface area (Å²) in [5.74, 6) is -14.7. The quantitative estimate of drug-likeness (QED) is 0.0778. The van der Waals surface area contributed by atoms with E-state index in [4.69, 9.17) is 35.2 Å². The molecule has 0 spiro atoms. The summed E-state index contributed by atoms with van der Waals surface area (Å²) in [6.07, 6.45) is 2.72. The number of likely N-dealkylation sites (N-methyl/N-ethyl adjacent to an activating group) is 1. The number of carbonyl (C=O) groups is 7. The summed E-state index contributed by atoms with van der Waals surface area (Å²) in [5.41, 5.74) is 6.84. The SMILES string of the molecule is CN(C)[C@@H]1C(=O)C(C(N)=O)=C(O)[C@@]2(O)C(=O)C3=C(O)c4c(O)cccc4[C@@](C)(O)[C@H]3C[C@@H]12.CNc1ccc(C(=O)CC(O)CCC(C)C2OC(=O)CC(O)CC(=O)CC(O)CC(O)CC(O)CC(O)CC3(O)CC(O)C(C(=O)OC)C(CC(O[C@@H]4O[C@H](C)[C@@H](O)[C@H](N)[C@@H]4O)\C=C/C=C\C=C/C=C\C=C/C=C\C=C/C2C)O3)cc1. The lowest BCUT2D eigenvalue weighted by atomic mass is 9.54. The smallest absolute Gasteiger partial charge is 0.313 e. The van der Waals surface area contributed by atoms with E-state index in [0.29, 0.717) is 12.0 Å². The Morgan fingerprint density at radius 2 is 1.29 bits per heavy atom. The highest BCUT2D eigenvalue weighted by molar-refractivity contribution is 6.24. The highest BCUT2D eigenvalue weighted by atomic mass is 16.7. The van der Waals surface area contributed by atoms with Gasteiger partial charge in [-0.15, -0.1) is 0 Å². The maximum atomic E-state index is 13.7. The van der Waals surface area contributed by atoms with Crippen LogP contribution in [0.3, 0.4) is 0 Å². The van der Waals surface area contributed by atoms with E-state index >= 15 is 0 Å². The van der Waals surface area contributed by atoms with Gasteiger partial charge in [-0.3, -0.25) is 38.5 Å². The molecular formula is C82H112N4O27. The number of cyclic esters (lactones) is 1. The summed E-state index contributed by atoms with van der Waals surface area (Å²) in [5, 5.41) is 167. The molecule has 6 aliphatic rings. The number of hydrogen-bond acceptors (Lipinski definition) is 30. The zero-order valence-corrected chi connectivity index (χ0v) is 64.7. The van der Waals surface area contributed by atoms with E-state index in [-0.39, 0.29) is 67.3 Å². The molecule has 8 rings (SSSR count). The maximum absolute atomic E-state index is 13.7. The van der Waals surface area contributed by atoms with E-state index in [0.717, 1.165) is 12.8 Å². The predicted octanol–water partition coefficient (Wildman–Crippen LogP) is 2.46. The van der Waals surface area contributed by atoms with Gasteiger partial charge >= 0.3 is 11.9 Å². The largest absolute Gasteiger partial charge is 0.508 e. The third-order valence-electron chi connectivity index (χ3n) is 21.6. The number of esters is 2. The molecule has 31 heteroatoms. The fourth-order valence-electron chi connectivity index (χ4n) is 15.7. The summed E-state index contributed by atoms with van der Waals surface area (Å²) in [6, 6.07) is 8.78. The Labute approximate surface area is 655 Å². The highest BCUT2D eigenvalue weighted by Crippen LogP contribution is 2.57. The zero-order chi connectivity index (χ0) is 83.7. The number of aliphatic hydroxyl groups excluding tert-OH is 11. The monoisotopic (exact) mass is 1580 g/mol. The lowest BCUT2D eigenvalue weighted by molar-refractivity contribution is -0.308. The lowest BCUT2D eigenvalue weighted by Crippen LogP contribution is -2.67. The van der Waals surface area contributed by atoms with Crippen molar-refractivity contribution in [3.05, 3.63) is 161 Å². The third-order valence-corrected chi connectivity index (χ3v) is 21.6. The van der Waals surface area contributed by atoms with E-state index in [1.165, 1.54) is 44.1 Å². The molecule has 3 aliphatic heterocycles. The number of anilines is 1. The van der Waals surface area contributed by atoms with Crippen molar-refractivity contribution in [3.63, 3.8) is 0 Å². The number of amides is 1. The summed E-state index contributed by atoms with van der Waals surface area (Å²) in [6.45, 7) is 6.65. The first-order chi connectivity index (χ1) is 53.2. The second kappa shape index (κ2) is 40.8. The Hall–Kier alpha value is -8.29. The fraction of sp³-hybridized carbons (Fsp3) is 0.549. The summed E-state index contributed by atoms with van der Waals surface area (Å²) in [7, 11) is 5.88. The van der Waals surface area contributed by atoms with Crippen molar-refractivity contribution in [1.29, 1.82) is 0 Å². The van der Waals surface area contributed by atoms with Gasteiger partial charge in [0.05, 0.1) is 104 Å². The average molecular weight is 1590 g/mol. The number of rotatable bonds is 13. The number of methoxy groups -OCH3 is 1. The minimum absolute atomic E-state index is 0.103. The van der Waals surface area contributed by atoms with Gasteiger partial charge in [-0.25, -0.2) is 0 Å². The zero-order valence-electron chi connectivity index (χ0n) is 64.7. The molecule has 622 valence electrons. The first-order valence-electron chi connectivity index (χ1n) is 37.8. The number of aromatic hydroxyl groups is 1. The Kier molecular flexibility index (Phi) is 33.2. The molecule has 2 aromatic rings. The number of aliphatic hydroxyl groups is 14. The number of nitrogens with one attached hydrogen (secondary N) is 1. The van der Waals surface area contributed by atoms with Crippen molar-refractivity contribution in [2.75, 3.05) is 33.6 Å². The molecule has 14 unspecified atom stereocenters. The third kappa shape index (κ3) is 23.3. The molecule has 2 saturated heterocycles. The molecule has 20 N–H and O–H groups in total. The molecule has 0 aromatic heterocycles. The topological polar surface area (TPSA) is 536 Å². The second-order valence-corrected chi connectivity index (χ2v) is 30.6. The molecule has 1 saturated carbocycles. The first kappa shape index (κ1) is 91.9. The number of Topliss-reactive ketones (excluding diaryl/α,β-unsaturated/α-hetero) is 4. The van der Waals surface area contributed by atoms with Crippen LogP contribution in [0.15, 0.2) is 144 Å². The van der Waals surface area contributed by atoms with Crippen LogP contribution in [0.1, 0.15) is 133 Å². The summed E-state index contributed by atoms with van der Waals surface area (Å²) < 4.78 is 28.9. The molecule has 0 radical (unpaired) electrons. The molecule has 113 heavy (non-hydrogen) atoms. The van der Waals surface area contributed by atoms with Gasteiger partial charge in [-0.05, 0) is 108 Å². The number of ketones is 4. The highest BCUT2D eigenvalue weighted by Gasteiger charge is 2.67. The van der Waals surface area contributed by atoms with Gasteiger partial charge in [-0.2, -0.15) is 0 Å². The number of primary amides is 1. The first-order valence-corrected chi connectivity index (χ1v) is 37.8. The lowest BCUT2D eigenvalue weighted by Gasteiger charge is -2.53. The number of phenolic OH excluding ortho intramolecular Hbond substituents is 1. The van der Waals surface area contributed by atoms with Gasteiger partial charge in [0.2, 0.25) is 5.78 Å². The molecule has 3 heterocycles. The van der Waals surface area contributed by atoms with Crippen LogP contribution in [0.25, 0.3) is 5.76 Å². The molecule has 3 fully saturated rings. The van der Waals surface area contributed by atoms with Crippen LogP contribution in [0.2, 0.25) is 0 Å². The van der Waals surface area contributed by atoms with E-state index in [1.54, 1.807) is 117 Å². The Morgan fingerprint density at radius 3 is 1.88 bits per heavy atom. The van der Waals surface area contributed by atoms with Gasteiger partial charge in [0.25, 0.3) is 5.91 Å². The number of nitrogens with two attached hydrogens (primary N) is 2. The van der Waals surface area contributed by atoms with Gasteiger partial charge in [0.15, 0.2) is 29.2 Å². The van der Waals surface area contributed by atoms with Crippen molar-refractivity contribution < 1.29 is 134 Å². The molecule has 1 amide bonds. The fourth-order valence-corrected chi connectivity index (χ4v) is 15.7. The second-order valence-electron chi connectivity index (χ2n) is 30.6. The average Bonchev–Trinajstić information content (AvgIpc) is 0.689. The Bertz CT molecular complexity index is 3940. The van der Waals surface area contributed by atoms with Crippen molar-refractivity contribution >= 4 is 52.4 Å². The predicted molar refractivity (Wildman–Crippen MR) is 410 cm³/mol.